The van der Waals surface area contributed by atoms with Crippen LogP contribution in [0.4, 0.5) is 5.69 Å². The van der Waals surface area contributed by atoms with E-state index in [2.05, 4.69) is 5.32 Å². The van der Waals surface area contributed by atoms with Crippen molar-refractivity contribution < 1.29 is 14.5 Å². The highest BCUT2D eigenvalue weighted by Gasteiger charge is 2.29. The molecule has 2 heterocycles. The number of rotatable bonds is 3. The van der Waals surface area contributed by atoms with Gasteiger partial charge in [0.05, 0.1) is 17.2 Å². The van der Waals surface area contributed by atoms with Gasteiger partial charge in [-0.15, -0.1) is 0 Å². The number of aromatic nitrogens is 1. The summed E-state index contributed by atoms with van der Waals surface area (Å²) in [6.07, 6.45) is 1.56. The summed E-state index contributed by atoms with van der Waals surface area (Å²) in [6.45, 7) is 1.77. The number of ketones is 1. The second-order valence-corrected chi connectivity index (χ2v) is 4.02. The zero-order valence-electron chi connectivity index (χ0n) is 9.17. The van der Waals surface area contributed by atoms with E-state index in [9.17, 15) is 19.7 Å². The number of Topliss-reactive ketones (excluding diaryl/α,β-unsaturated/α-hetero) is 1. The number of amides is 1. The van der Waals surface area contributed by atoms with Gasteiger partial charge in [0.15, 0.2) is 0 Å². The molecule has 1 aromatic rings. The molecule has 0 bridgehead atoms. The molecule has 0 fully saturated rings. The first-order valence-corrected chi connectivity index (χ1v) is 5.13. The van der Waals surface area contributed by atoms with Crippen LogP contribution in [0.25, 0.3) is 0 Å². The van der Waals surface area contributed by atoms with Crippen molar-refractivity contribution in [1.82, 2.24) is 9.88 Å². The lowest BCUT2D eigenvalue weighted by Gasteiger charge is -2.25. The van der Waals surface area contributed by atoms with E-state index in [4.69, 9.17) is 0 Å². The Labute approximate surface area is 96.6 Å². The van der Waals surface area contributed by atoms with Gasteiger partial charge in [0.25, 0.3) is 11.6 Å². The minimum Gasteiger partial charge on any atom is -0.349 e. The van der Waals surface area contributed by atoms with Gasteiger partial charge in [0.1, 0.15) is 11.5 Å². The predicted molar refractivity (Wildman–Crippen MR) is 57.8 cm³/mol. The van der Waals surface area contributed by atoms with Crippen LogP contribution in [0.15, 0.2) is 12.3 Å². The van der Waals surface area contributed by atoms with E-state index in [0.717, 1.165) is 0 Å². The van der Waals surface area contributed by atoms with Gasteiger partial charge in [-0.2, -0.15) is 0 Å². The van der Waals surface area contributed by atoms with E-state index in [1.807, 2.05) is 0 Å². The molecule has 0 radical (unpaired) electrons. The van der Waals surface area contributed by atoms with Crippen molar-refractivity contribution in [2.24, 2.45) is 0 Å². The predicted octanol–water partition coefficient (Wildman–Crippen LogP) is 0.660. The van der Waals surface area contributed by atoms with Crippen molar-refractivity contribution in [1.29, 1.82) is 0 Å². The fourth-order valence-electron chi connectivity index (χ4n) is 1.95. The van der Waals surface area contributed by atoms with Gasteiger partial charge in [0, 0.05) is 19.0 Å². The lowest BCUT2D eigenvalue weighted by atomic mass is 10.1. The fourth-order valence-corrected chi connectivity index (χ4v) is 1.95. The van der Waals surface area contributed by atoms with Crippen LogP contribution in [0.1, 0.15) is 29.9 Å². The summed E-state index contributed by atoms with van der Waals surface area (Å²) < 4.78 is 1.51. The molecule has 7 nitrogen and oxygen atoms in total. The summed E-state index contributed by atoms with van der Waals surface area (Å²) >= 11 is 0. The maximum atomic E-state index is 11.5. The number of nitrogens with one attached hydrogen (secondary N) is 1. The smallest absolute Gasteiger partial charge is 0.287 e. The molecule has 0 aliphatic carbocycles. The van der Waals surface area contributed by atoms with Crippen molar-refractivity contribution >= 4 is 17.4 Å². The van der Waals surface area contributed by atoms with Crippen molar-refractivity contribution in [2.75, 3.05) is 6.54 Å². The Morgan fingerprint density at radius 2 is 2.41 bits per heavy atom. The van der Waals surface area contributed by atoms with Gasteiger partial charge in [-0.1, -0.05) is 0 Å². The molecule has 90 valence electrons. The van der Waals surface area contributed by atoms with Crippen molar-refractivity contribution in [3.05, 3.63) is 28.1 Å². The van der Waals surface area contributed by atoms with Crippen LogP contribution in [0.2, 0.25) is 0 Å². The fraction of sp³-hybridized carbons (Fsp3) is 0.400. The Bertz CT molecular complexity index is 506. The Morgan fingerprint density at radius 1 is 1.71 bits per heavy atom. The summed E-state index contributed by atoms with van der Waals surface area (Å²) in [5.41, 5.74) is 0.0970. The van der Waals surface area contributed by atoms with Crippen LogP contribution in [0.3, 0.4) is 0 Å². The molecule has 2 rings (SSSR count). The number of fused-ring (bicyclic) bond motifs is 1. The number of carbonyl (C=O) groups is 2. The van der Waals surface area contributed by atoms with Gasteiger partial charge in [-0.3, -0.25) is 19.7 Å². The topological polar surface area (TPSA) is 94.2 Å². The van der Waals surface area contributed by atoms with Crippen molar-refractivity contribution in [3.63, 3.8) is 0 Å². The second-order valence-electron chi connectivity index (χ2n) is 4.02. The van der Waals surface area contributed by atoms with Crippen LogP contribution in [-0.4, -0.2) is 27.7 Å². The Morgan fingerprint density at radius 3 is 3.00 bits per heavy atom. The molecule has 1 aromatic heterocycles. The van der Waals surface area contributed by atoms with E-state index in [-0.39, 0.29) is 35.5 Å². The quantitative estimate of drug-likeness (QED) is 0.617. The molecular formula is C10H11N3O4. The average Bonchev–Trinajstić information content (AvgIpc) is 2.67. The SMILES string of the molecule is CC(=O)CC1CNC(=O)c2cc([N+](=O)[O-])cn21. The van der Waals surface area contributed by atoms with Crippen molar-refractivity contribution in [2.45, 2.75) is 19.4 Å². The summed E-state index contributed by atoms with van der Waals surface area (Å²) in [6, 6.07) is 0.982. The summed E-state index contributed by atoms with van der Waals surface area (Å²) in [5.74, 6) is -0.369. The highest BCUT2D eigenvalue weighted by atomic mass is 16.6. The third kappa shape index (κ3) is 2.03. The summed E-state index contributed by atoms with van der Waals surface area (Å²) in [4.78, 5) is 32.7. The van der Waals surface area contributed by atoms with Gasteiger partial charge in [-0.05, 0) is 6.92 Å². The standard InChI is InChI=1S/C10H11N3O4/c1-6(14)2-7-4-11-10(15)9-3-8(13(16)17)5-12(7)9/h3,5,7H,2,4H2,1H3,(H,11,15). The number of hydrogen-bond donors (Lipinski definition) is 1. The first-order chi connectivity index (χ1) is 7.99. The van der Waals surface area contributed by atoms with Crippen LogP contribution in [0, 0.1) is 10.1 Å². The van der Waals surface area contributed by atoms with E-state index in [1.54, 1.807) is 0 Å². The minimum atomic E-state index is -0.552. The van der Waals surface area contributed by atoms with Gasteiger partial charge in [-0.25, -0.2) is 0 Å². The molecule has 1 atom stereocenters. The molecule has 1 amide bonds. The molecule has 1 N–H and O–H groups in total. The van der Waals surface area contributed by atoms with Crippen LogP contribution in [0.5, 0.6) is 0 Å². The average molecular weight is 237 g/mol. The summed E-state index contributed by atoms with van der Waals surface area (Å²) in [5, 5.41) is 13.3. The molecule has 1 unspecified atom stereocenters. The lowest BCUT2D eigenvalue weighted by molar-refractivity contribution is -0.384. The molecular weight excluding hydrogens is 226 g/mol. The second kappa shape index (κ2) is 4.00. The Kier molecular flexibility index (Phi) is 2.66. The first-order valence-electron chi connectivity index (χ1n) is 5.13. The zero-order chi connectivity index (χ0) is 12.6. The summed E-state index contributed by atoms with van der Waals surface area (Å²) in [7, 11) is 0. The molecule has 0 saturated heterocycles. The highest BCUT2D eigenvalue weighted by molar-refractivity contribution is 5.94. The maximum Gasteiger partial charge on any atom is 0.287 e. The molecule has 0 saturated carbocycles. The van der Waals surface area contributed by atoms with Gasteiger partial charge >= 0.3 is 0 Å². The van der Waals surface area contributed by atoms with Gasteiger partial charge in [0.2, 0.25) is 0 Å². The van der Waals surface area contributed by atoms with Crippen molar-refractivity contribution in [3.8, 4) is 0 Å². The van der Waals surface area contributed by atoms with E-state index in [1.165, 1.54) is 23.8 Å². The number of nitrogens with zero attached hydrogens (tertiary/aromatic N) is 2. The number of carbonyl (C=O) groups excluding carboxylic acids is 2. The highest BCUT2D eigenvalue weighted by Crippen LogP contribution is 2.25. The third-order valence-corrected chi connectivity index (χ3v) is 2.69. The normalized spacial score (nSPS) is 18.4. The van der Waals surface area contributed by atoms with E-state index < -0.39 is 4.92 Å². The first kappa shape index (κ1) is 11.3. The zero-order valence-corrected chi connectivity index (χ0v) is 9.17. The Balaban J connectivity index is 2.40. The molecule has 0 aromatic carbocycles. The van der Waals surface area contributed by atoms with Crippen LogP contribution >= 0.6 is 0 Å². The molecule has 0 spiro atoms. The van der Waals surface area contributed by atoms with Crippen LogP contribution in [-0.2, 0) is 4.79 Å². The number of hydrogen-bond acceptors (Lipinski definition) is 4. The molecule has 1 aliphatic heterocycles. The molecule has 1 aliphatic rings. The van der Waals surface area contributed by atoms with E-state index >= 15 is 0 Å². The van der Waals surface area contributed by atoms with E-state index in [0.29, 0.717) is 6.54 Å². The van der Waals surface area contributed by atoms with Gasteiger partial charge < -0.3 is 9.88 Å². The largest absolute Gasteiger partial charge is 0.349 e. The molecule has 7 heteroatoms. The number of nitro groups is 1. The molecule has 17 heavy (non-hydrogen) atoms. The van der Waals surface area contributed by atoms with Crippen LogP contribution < -0.4 is 5.32 Å². The maximum absolute atomic E-state index is 11.5. The monoisotopic (exact) mass is 237 g/mol. The lowest BCUT2D eigenvalue weighted by Crippen LogP contribution is -2.39. The minimum absolute atomic E-state index is 0.0200. The Hall–Kier alpha value is -2.18. The third-order valence-electron chi connectivity index (χ3n) is 2.69.